The van der Waals surface area contributed by atoms with Gasteiger partial charge >= 0.3 is 0 Å². The fourth-order valence-electron chi connectivity index (χ4n) is 3.20. The van der Waals surface area contributed by atoms with Crippen molar-refractivity contribution in [3.05, 3.63) is 53.1 Å². The number of alkyl halides is 3. The summed E-state index contributed by atoms with van der Waals surface area (Å²) in [4.78, 5) is 1.02. The molecule has 28 heavy (non-hydrogen) atoms. The van der Waals surface area contributed by atoms with Crippen molar-refractivity contribution in [3.63, 3.8) is 0 Å². The van der Waals surface area contributed by atoms with Crippen LogP contribution in [0, 0.1) is 6.92 Å². The topological polar surface area (TPSA) is 55.2 Å². The molecule has 0 saturated carbocycles. The van der Waals surface area contributed by atoms with E-state index in [4.69, 9.17) is 11.6 Å². The van der Waals surface area contributed by atoms with Crippen LogP contribution in [0.4, 0.5) is 19.0 Å². The van der Waals surface area contributed by atoms with E-state index < -0.39 is 35.2 Å². The minimum absolute atomic E-state index is 0.0101. The fraction of sp³-hybridized carbons (Fsp3) is 0.278. The number of halogens is 4. The minimum Gasteiger partial charge on any atom is -0.345 e. The van der Waals surface area contributed by atoms with Gasteiger partial charge in [-0.2, -0.15) is 12.5 Å². The minimum atomic E-state index is -4.11. The van der Waals surface area contributed by atoms with E-state index in [1.54, 1.807) is 12.1 Å². The van der Waals surface area contributed by atoms with E-state index in [1.165, 1.54) is 30.3 Å². The van der Waals surface area contributed by atoms with E-state index in [0.717, 1.165) is 14.6 Å². The Morgan fingerprint density at radius 3 is 2.46 bits per heavy atom. The van der Waals surface area contributed by atoms with Crippen molar-refractivity contribution in [2.75, 3.05) is 18.0 Å². The molecule has 2 aromatic carbocycles. The van der Waals surface area contributed by atoms with Gasteiger partial charge in [-0.15, -0.1) is 5.10 Å². The van der Waals surface area contributed by atoms with Gasteiger partial charge in [-0.3, -0.25) is 0 Å². The fourth-order valence-corrected chi connectivity index (χ4v) is 4.73. The lowest BCUT2D eigenvalue weighted by Gasteiger charge is -2.15. The molecule has 0 spiro atoms. The predicted octanol–water partition coefficient (Wildman–Crippen LogP) is 4.03. The molecule has 1 aliphatic heterocycles. The quantitative estimate of drug-likeness (QED) is 0.631. The summed E-state index contributed by atoms with van der Waals surface area (Å²) in [6.45, 7) is 0.309. The SMILES string of the molecule is Cc1ccc(S(=O)(=O)n2nc(N3CC(F)C(F)(F)C3)c3c(Cl)cccc32)cc1. The number of rotatable bonds is 3. The second kappa shape index (κ2) is 6.38. The van der Waals surface area contributed by atoms with Crippen LogP contribution in [-0.4, -0.2) is 42.8 Å². The maximum Gasteiger partial charge on any atom is 0.297 e. The normalized spacial score (nSPS) is 19.5. The smallest absolute Gasteiger partial charge is 0.297 e. The van der Waals surface area contributed by atoms with Crippen molar-refractivity contribution >= 4 is 38.3 Å². The number of aromatic nitrogens is 2. The van der Waals surface area contributed by atoms with Crippen molar-refractivity contribution in [2.24, 2.45) is 0 Å². The first-order valence-corrected chi connectivity index (χ1v) is 10.2. The van der Waals surface area contributed by atoms with Crippen LogP contribution < -0.4 is 4.90 Å². The van der Waals surface area contributed by atoms with Gasteiger partial charge in [0.05, 0.1) is 33.9 Å². The molecule has 1 unspecified atom stereocenters. The van der Waals surface area contributed by atoms with Crippen LogP contribution in [0.15, 0.2) is 47.4 Å². The van der Waals surface area contributed by atoms with Gasteiger partial charge in [0, 0.05) is 0 Å². The summed E-state index contributed by atoms with van der Waals surface area (Å²) in [5.41, 5.74) is 1.01. The average molecular weight is 430 g/mol. The average Bonchev–Trinajstić information content (AvgIpc) is 3.14. The molecule has 3 aromatic rings. The van der Waals surface area contributed by atoms with E-state index in [-0.39, 0.29) is 26.6 Å². The van der Waals surface area contributed by atoms with Gasteiger partial charge < -0.3 is 4.90 Å². The first-order chi connectivity index (χ1) is 13.1. The second-order valence-corrected chi connectivity index (χ2v) is 8.90. The summed E-state index contributed by atoms with van der Waals surface area (Å²) in [5, 5.41) is 4.40. The lowest BCUT2D eigenvalue weighted by atomic mass is 10.2. The number of fused-ring (bicyclic) bond motifs is 1. The molecule has 5 nitrogen and oxygen atoms in total. The molecule has 0 bridgehead atoms. The summed E-state index contributed by atoms with van der Waals surface area (Å²) < 4.78 is 68.1. The maximum atomic E-state index is 13.7. The molecule has 1 aliphatic rings. The first kappa shape index (κ1) is 19.1. The van der Waals surface area contributed by atoms with E-state index in [9.17, 15) is 21.6 Å². The Bertz CT molecular complexity index is 1160. The van der Waals surface area contributed by atoms with Gasteiger partial charge in [-0.25, -0.2) is 13.2 Å². The summed E-state index contributed by atoms with van der Waals surface area (Å²) in [6, 6.07) is 10.7. The van der Waals surface area contributed by atoms with Crippen LogP contribution in [0.1, 0.15) is 5.56 Å². The van der Waals surface area contributed by atoms with Crippen molar-refractivity contribution in [3.8, 4) is 0 Å². The largest absolute Gasteiger partial charge is 0.345 e. The highest BCUT2D eigenvalue weighted by Gasteiger charge is 2.50. The van der Waals surface area contributed by atoms with Crippen LogP contribution in [0.25, 0.3) is 10.9 Å². The van der Waals surface area contributed by atoms with Gasteiger partial charge in [-0.1, -0.05) is 35.4 Å². The molecule has 1 atom stereocenters. The Morgan fingerprint density at radius 2 is 1.86 bits per heavy atom. The molecular formula is C18H15ClF3N3O2S. The molecule has 2 heterocycles. The molecular weight excluding hydrogens is 415 g/mol. The van der Waals surface area contributed by atoms with E-state index in [0.29, 0.717) is 0 Å². The molecule has 1 aromatic heterocycles. The van der Waals surface area contributed by atoms with Gasteiger partial charge in [0.25, 0.3) is 15.9 Å². The molecule has 148 valence electrons. The lowest BCUT2D eigenvalue weighted by Crippen LogP contribution is -2.28. The van der Waals surface area contributed by atoms with Crippen molar-refractivity contribution in [2.45, 2.75) is 23.9 Å². The number of benzene rings is 2. The first-order valence-electron chi connectivity index (χ1n) is 8.37. The summed E-state index contributed by atoms with van der Waals surface area (Å²) in [7, 11) is -4.11. The van der Waals surface area contributed by atoms with Crippen molar-refractivity contribution in [1.82, 2.24) is 9.19 Å². The van der Waals surface area contributed by atoms with E-state index in [1.807, 2.05) is 6.92 Å². The monoisotopic (exact) mass is 429 g/mol. The highest BCUT2D eigenvalue weighted by atomic mass is 35.5. The molecule has 0 amide bonds. The molecule has 1 saturated heterocycles. The van der Waals surface area contributed by atoms with Crippen molar-refractivity contribution in [1.29, 1.82) is 0 Å². The lowest BCUT2D eigenvalue weighted by molar-refractivity contribution is -0.0349. The van der Waals surface area contributed by atoms with Gasteiger partial charge in [0.15, 0.2) is 12.0 Å². The molecule has 10 heteroatoms. The Kier molecular flexibility index (Phi) is 4.35. The number of aryl methyl sites for hydroxylation is 1. The predicted molar refractivity (Wildman–Crippen MR) is 101 cm³/mol. The van der Waals surface area contributed by atoms with Crippen molar-refractivity contribution < 1.29 is 21.6 Å². The Labute approximate surface area is 164 Å². The molecule has 0 N–H and O–H groups in total. The van der Waals surface area contributed by atoms with Gasteiger partial charge in [0.1, 0.15) is 0 Å². The van der Waals surface area contributed by atoms with Crippen LogP contribution in [0.3, 0.4) is 0 Å². The number of nitrogens with zero attached hydrogens (tertiary/aromatic N) is 3. The molecule has 0 aliphatic carbocycles. The standard InChI is InChI=1S/C18H15ClF3N3O2S/c1-11-5-7-12(8-6-11)28(26,27)25-14-4-2-3-13(19)16(14)17(23-25)24-9-15(20)18(21,22)10-24/h2-8,15H,9-10H2,1H3. The van der Waals surface area contributed by atoms with E-state index in [2.05, 4.69) is 5.10 Å². The Balaban J connectivity index is 1.92. The highest BCUT2D eigenvalue weighted by Crippen LogP contribution is 2.39. The Hall–Kier alpha value is -2.26. The third kappa shape index (κ3) is 2.93. The van der Waals surface area contributed by atoms with E-state index >= 15 is 0 Å². The third-order valence-corrected chi connectivity index (χ3v) is 6.61. The molecule has 1 fully saturated rings. The van der Waals surface area contributed by atoms with Gasteiger partial charge in [0.2, 0.25) is 0 Å². The zero-order valence-corrected chi connectivity index (χ0v) is 16.2. The molecule has 0 radical (unpaired) electrons. The highest BCUT2D eigenvalue weighted by molar-refractivity contribution is 7.90. The van der Waals surface area contributed by atoms with Crippen LogP contribution in [-0.2, 0) is 10.0 Å². The zero-order valence-electron chi connectivity index (χ0n) is 14.6. The van der Waals surface area contributed by atoms with Crippen LogP contribution >= 0.6 is 11.6 Å². The van der Waals surface area contributed by atoms with Gasteiger partial charge in [-0.05, 0) is 31.2 Å². The van der Waals surface area contributed by atoms with Crippen LogP contribution in [0.5, 0.6) is 0 Å². The summed E-state index contributed by atoms with van der Waals surface area (Å²) in [6.07, 6.45) is -2.37. The van der Waals surface area contributed by atoms with Crippen LogP contribution in [0.2, 0.25) is 5.02 Å². The third-order valence-electron chi connectivity index (χ3n) is 4.69. The number of hydrogen-bond acceptors (Lipinski definition) is 4. The second-order valence-electron chi connectivity index (χ2n) is 6.73. The molecule has 4 rings (SSSR count). The number of anilines is 1. The maximum absolute atomic E-state index is 13.7. The summed E-state index contributed by atoms with van der Waals surface area (Å²) in [5.74, 6) is -3.64. The summed E-state index contributed by atoms with van der Waals surface area (Å²) >= 11 is 6.22. The Morgan fingerprint density at radius 1 is 1.18 bits per heavy atom. The zero-order chi connectivity index (χ0) is 20.3. The number of hydrogen-bond donors (Lipinski definition) is 0.